The van der Waals surface area contributed by atoms with Crippen molar-refractivity contribution >= 4 is 0 Å². The maximum atomic E-state index is 8.85. The van der Waals surface area contributed by atoms with Crippen molar-refractivity contribution < 1.29 is 5.11 Å². The number of nitrogens with two attached hydrogens (primary N) is 1. The minimum absolute atomic E-state index is 0.0664. The van der Waals surface area contributed by atoms with Crippen LogP contribution in [0.3, 0.4) is 0 Å². The second kappa shape index (κ2) is 4.77. The quantitative estimate of drug-likeness (QED) is 0.757. The van der Waals surface area contributed by atoms with E-state index < -0.39 is 0 Å². The van der Waals surface area contributed by atoms with Gasteiger partial charge in [-0.05, 0) is 32.1 Å². The topological polar surface area (TPSA) is 64.1 Å². The Morgan fingerprint density at radius 3 is 3.07 bits per heavy atom. The number of aliphatic hydroxyl groups excluding tert-OH is 1. The van der Waals surface area contributed by atoms with Crippen LogP contribution in [0.1, 0.15) is 30.7 Å². The number of hydrogen-bond donors (Lipinski definition) is 2. The molecular weight excluding hydrogens is 190 g/mol. The summed E-state index contributed by atoms with van der Waals surface area (Å²) >= 11 is 0. The molecule has 0 fully saturated rings. The summed E-state index contributed by atoms with van der Waals surface area (Å²) in [4.78, 5) is 4.42. The molecule has 1 unspecified atom stereocenters. The van der Waals surface area contributed by atoms with Gasteiger partial charge < -0.3 is 15.4 Å². The normalized spacial score (nSPS) is 17.5. The second-order valence-corrected chi connectivity index (χ2v) is 4.27. The largest absolute Gasteiger partial charge is 0.395 e. The molecule has 0 bridgehead atoms. The number of aromatic nitrogens is 2. The van der Waals surface area contributed by atoms with Gasteiger partial charge >= 0.3 is 0 Å². The molecule has 4 nitrogen and oxygen atoms in total. The summed E-state index contributed by atoms with van der Waals surface area (Å²) in [7, 11) is 0. The average Bonchev–Trinajstić information content (AvgIpc) is 2.69. The van der Waals surface area contributed by atoms with Gasteiger partial charge in [-0.15, -0.1) is 0 Å². The van der Waals surface area contributed by atoms with E-state index >= 15 is 0 Å². The zero-order valence-corrected chi connectivity index (χ0v) is 9.02. The van der Waals surface area contributed by atoms with Crippen molar-refractivity contribution in [3.05, 3.63) is 17.7 Å². The molecule has 0 saturated heterocycles. The summed E-state index contributed by atoms with van der Waals surface area (Å²) in [5, 5.41) is 8.85. The first kappa shape index (κ1) is 10.6. The third-order valence-electron chi connectivity index (χ3n) is 3.09. The molecule has 1 aromatic rings. The van der Waals surface area contributed by atoms with E-state index in [4.69, 9.17) is 10.8 Å². The minimum Gasteiger partial charge on any atom is -0.395 e. The number of nitrogens with zero attached hydrogens (tertiary/aromatic N) is 2. The van der Waals surface area contributed by atoms with Gasteiger partial charge in [0.05, 0.1) is 18.6 Å². The van der Waals surface area contributed by atoms with Crippen molar-refractivity contribution in [3.63, 3.8) is 0 Å². The highest BCUT2D eigenvalue weighted by Crippen LogP contribution is 2.19. The van der Waals surface area contributed by atoms with Gasteiger partial charge in [-0.3, -0.25) is 0 Å². The van der Waals surface area contributed by atoms with Gasteiger partial charge in [0.1, 0.15) is 0 Å². The average molecular weight is 209 g/mol. The Hall–Kier alpha value is -0.870. The van der Waals surface area contributed by atoms with Crippen LogP contribution in [0.2, 0.25) is 0 Å². The smallest absolute Gasteiger partial charge is 0.0951 e. The Morgan fingerprint density at radius 2 is 2.27 bits per heavy atom. The first-order valence-corrected chi connectivity index (χ1v) is 5.70. The third-order valence-corrected chi connectivity index (χ3v) is 3.09. The summed E-state index contributed by atoms with van der Waals surface area (Å²) in [5.41, 5.74) is 8.33. The highest BCUT2D eigenvalue weighted by molar-refractivity contribution is 5.16. The molecule has 0 spiro atoms. The Kier molecular flexibility index (Phi) is 3.38. The summed E-state index contributed by atoms with van der Waals surface area (Å²) in [6.07, 6.45) is 7.53. The van der Waals surface area contributed by atoms with E-state index in [1.807, 2.05) is 6.33 Å². The van der Waals surface area contributed by atoms with Crippen LogP contribution >= 0.6 is 0 Å². The molecule has 3 N–H and O–H groups in total. The minimum atomic E-state index is -0.105. The van der Waals surface area contributed by atoms with E-state index in [2.05, 4.69) is 9.55 Å². The predicted octanol–water partition coefficient (Wildman–Crippen LogP) is 0.472. The van der Waals surface area contributed by atoms with Crippen molar-refractivity contribution in [2.45, 2.75) is 44.7 Å². The zero-order chi connectivity index (χ0) is 10.7. The molecule has 0 amide bonds. The standard InChI is InChI=1S/C11H19N3O/c12-9(7-15)5-6-14-8-13-10-3-1-2-4-11(10)14/h8-9,15H,1-7,12H2. The van der Waals surface area contributed by atoms with Crippen LogP contribution in [-0.4, -0.2) is 27.3 Å². The summed E-state index contributed by atoms with van der Waals surface area (Å²) in [6, 6.07) is -0.105. The number of imidazole rings is 1. The second-order valence-electron chi connectivity index (χ2n) is 4.27. The molecule has 2 rings (SSSR count). The Morgan fingerprint density at radius 1 is 1.47 bits per heavy atom. The fourth-order valence-electron chi connectivity index (χ4n) is 2.12. The van der Waals surface area contributed by atoms with Gasteiger partial charge in [0.2, 0.25) is 0 Å². The molecule has 0 radical (unpaired) electrons. The SMILES string of the molecule is NC(CO)CCn1cnc2c1CCCC2. The van der Waals surface area contributed by atoms with E-state index in [1.165, 1.54) is 24.2 Å². The summed E-state index contributed by atoms with van der Waals surface area (Å²) < 4.78 is 2.20. The van der Waals surface area contributed by atoms with Gasteiger partial charge in [-0.2, -0.15) is 0 Å². The van der Waals surface area contributed by atoms with Crippen LogP contribution in [0, 0.1) is 0 Å². The van der Waals surface area contributed by atoms with Crippen molar-refractivity contribution in [2.24, 2.45) is 5.73 Å². The van der Waals surface area contributed by atoms with E-state index in [9.17, 15) is 0 Å². The first-order valence-electron chi connectivity index (χ1n) is 5.70. The number of aliphatic hydroxyl groups is 1. The van der Waals surface area contributed by atoms with Crippen LogP contribution in [0.5, 0.6) is 0 Å². The van der Waals surface area contributed by atoms with E-state index in [1.54, 1.807) is 0 Å². The monoisotopic (exact) mass is 209 g/mol. The highest BCUT2D eigenvalue weighted by atomic mass is 16.3. The Balaban J connectivity index is 1.99. The predicted molar refractivity (Wildman–Crippen MR) is 58.5 cm³/mol. The maximum absolute atomic E-state index is 8.85. The molecule has 1 aliphatic rings. The van der Waals surface area contributed by atoms with E-state index in [0.29, 0.717) is 0 Å². The van der Waals surface area contributed by atoms with Gasteiger partial charge in [0, 0.05) is 18.3 Å². The van der Waals surface area contributed by atoms with Crippen molar-refractivity contribution in [1.82, 2.24) is 9.55 Å². The fourth-order valence-corrected chi connectivity index (χ4v) is 2.12. The van der Waals surface area contributed by atoms with Gasteiger partial charge in [-0.1, -0.05) is 0 Å². The first-order chi connectivity index (χ1) is 7.31. The third kappa shape index (κ3) is 2.38. The lowest BCUT2D eigenvalue weighted by Crippen LogP contribution is -2.26. The molecule has 0 aromatic carbocycles. The molecule has 0 saturated carbocycles. The molecule has 0 aliphatic heterocycles. The zero-order valence-electron chi connectivity index (χ0n) is 9.02. The number of fused-ring (bicyclic) bond motifs is 1. The van der Waals surface area contributed by atoms with Crippen LogP contribution in [0.4, 0.5) is 0 Å². The van der Waals surface area contributed by atoms with Gasteiger partial charge in [0.15, 0.2) is 0 Å². The van der Waals surface area contributed by atoms with Gasteiger partial charge in [-0.25, -0.2) is 4.98 Å². The lowest BCUT2D eigenvalue weighted by molar-refractivity contribution is 0.255. The van der Waals surface area contributed by atoms with E-state index in [0.717, 1.165) is 25.8 Å². The van der Waals surface area contributed by atoms with Crippen LogP contribution in [-0.2, 0) is 19.4 Å². The summed E-state index contributed by atoms with van der Waals surface area (Å²) in [6.45, 7) is 0.945. The van der Waals surface area contributed by atoms with Crippen LogP contribution in [0.15, 0.2) is 6.33 Å². The fraction of sp³-hybridized carbons (Fsp3) is 0.727. The molecule has 1 aromatic heterocycles. The Labute approximate surface area is 90.1 Å². The highest BCUT2D eigenvalue weighted by Gasteiger charge is 2.15. The van der Waals surface area contributed by atoms with Gasteiger partial charge in [0.25, 0.3) is 0 Å². The van der Waals surface area contributed by atoms with Crippen molar-refractivity contribution in [1.29, 1.82) is 0 Å². The van der Waals surface area contributed by atoms with Crippen LogP contribution < -0.4 is 5.73 Å². The molecule has 15 heavy (non-hydrogen) atoms. The summed E-state index contributed by atoms with van der Waals surface area (Å²) in [5.74, 6) is 0. The molecule has 1 heterocycles. The molecule has 4 heteroatoms. The number of aryl methyl sites for hydroxylation is 2. The van der Waals surface area contributed by atoms with E-state index in [-0.39, 0.29) is 12.6 Å². The number of hydrogen-bond acceptors (Lipinski definition) is 3. The molecule has 1 atom stereocenters. The maximum Gasteiger partial charge on any atom is 0.0951 e. The van der Waals surface area contributed by atoms with Crippen molar-refractivity contribution in [2.75, 3.05) is 6.61 Å². The molecule has 84 valence electrons. The van der Waals surface area contributed by atoms with Crippen LogP contribution in [0.25, 0.3) is 0 Å². The lowest BCUT2D eigenvalue weighted by atomic mass is 10.0. The van der Waals surface area contributed by atoms with Crippen molar-refractivity contribution in [3.8, 4) is 0 Å². The number of rotatable bonds is 4. The molecular formula is C11H19N3O. The Bertz CT molecular complexity index is 322. The molecule has 1 aliphatic carbocycles. The lowest BCUT2D eigenvalue weighted by Gasteiger charge is -2.15.